The Balaban J connectivity index is 1.71. The summed E-state index contributed by atoms with van der Waals surface area (Å²) in [6.07, 6.45) is 3.62. The molecule has 0 spiro atoms. The number of nitro benzene ring substituents is 1. The average Bonchev–Trinajstić information content (AvgIpc) is 3.02. The summed E-state index contributed by atoms with van der Waals surface area (Å²) >= 11 is 0. The van der Waals surface area contributed by atoms with E-state index in [0.29, 0.717) is 18.5 Å². The lowest BCUT2D eigenvalue weighted by Crippen LogP contribution is -2.50. The maximum absolute atomic E-state index is 11.6. The number of rotatable bonds is 7. The Kier molecular flexibility index (Phi) is 5.61. The van der Waals surface area contributed by atoms with Gasteiger partial charge in [-0.25, -0.2) is 4.57 Å². The van der Waals surface area contributed by atoms with E-state index in [9.17, 15) is 24.8 Å². The number of carboxylic acid groups (broad SMARTS) is 1. The minimum absolute atomic E-state index is 0.0226. The first-order valence-corrected chi connectivity index (χ1v) is 7.13. The van der Waals surface area contributed by atoms with Gasteiger partial charge in [-0.1, -0.05) is 0 Å². The molecule has 24 heavy (non-hydrogen) atoms. The van der Waals surface area contributed by atoms with Gasteiger partial charge < -0.3 is 14.6 Å². The first kappa shape index (κ1) is 17.1. The maximum Gasteiger partial charge on any atom is 0.306 e. The smallest absolute Gasteiger partial charge is 0.306 e. The van der Waals surface area contributed by atoms with E-state index < -0.39 is 17.0 Å². The largest absolute Gasteiger partial charge is 0.510 e. The molecule has 0 unspecified atom stereocenters. The summed E-state index contributed by atoms with van der Waals surface area (Å²) in [7, 11) is 0. The van der Waals surface area contributed by atoms with Crippen LogP contribution in [0.15, 0.2) is 43.0 Å². The number of non-ortho nitro benzene ring substituents is 1. The predicted molar refractivity (Wildman–Crippen MR) is 77.5 cm³/mol. The second-order valence-electron chi connectivity index (χ2n) is 5.01. The summed E-state index contributed by atoms with van der Waals surface area (Å²) in [5.74, 6) is -0.395. The van der Waals surface area contributed by atoms with Crippen molar-refractivity contribution < 1.29 is 28.9 Å². The van der Waals surface area contributed by atoms with Crippen LogP contribution in [0.1, 0.15) is 18.4 Å². The summed E-state index contributed by atoms with van der Waals surface area (Å²) in [5, 5.41) is 21.1. The number of aromatic nitrogens is 2. The molecule has 0 fully saturated rings. The number of carbonyl (C=O) groups excluding carboxylic acids is 2. The van der Waals surface area contributed by atoms with E-state index >= 15 is 0 Å². The maximum atomic E-state index is 11.6. The van der Waals surface area contributed by atoms with Crippen LogP contribution < -0.4 is 9.67 Å². The Morgan fingerprint density at radius 2 is 1.96 bits per heavy atom. The fourth-order valence-electron chi connectivity index (χ4n) is 1.99. The van der Waals surface area contributed by atoms with Crippen LogP contribution >= 0.6 is 0 Å². The SMILES string of the molecule is O=C(CCCn1cc[n+](C(=O)[O-])c1)OCc1ccc([N+](=O)[O-])cc1. The molecule has 0 N–H and O–H groups in total. The molecule has 0 saturated heterocycles. The summed E-state index contributed by atoms with van der Waals surface area (Å²) in [6.45, 7) is 0.512. The van der Waals surface area contributed by atoms with Crippen LogP contribution in [0, 0.1) is 10.1 Å². The molecule has 0 bridgehead atoms. The molecule has 9 heteroatoms. The molecule has 1 heterocycles. The van der Waals surface area contributed by atoms with Gasteiger partial charge in [0.1, 0.15) is 19.0 Å². The summed E-state index contributed by atoms with van der Waals surface area (Å²) in [6, 6.07) is 5.76. The highest BCUT2D eigenvalue weighted by atomic mass is 16.6. The first-order valence-electron chi connectivity index (χ1n) is 7.13. The lowest BCUT2D eigenvalue weighted by molar-refractivity contribution is -0.630. The molecule has 0 aliphatic carbocycles. The van der Waals surface area contributed by atoms with Crippen molar-refractivity contribution in [2.24, 2.45) is 0 Å². The highest BCUT2D eigenvalue weighted by molar-refractivity contribution is 5.69. The molecule has 1 aromatic heterocycles. The number of benzene rings is 1. The normalized spacial score (nSPS) is 10.3. The summed E-state index contributed by atoms with van der Waals surface area (Å²) < 4.78 is 7.62. The van der Waals surface area contributed by atoms with Crippen LogP contribution in [0.25, 0.3) is 0 Å². The molecule has 0 aliphatic heterocycles. The van der Waals surface area contributed by atoms with Crippen molar-refractivity contribution in [2.75, 3.05) is 0 Å². The van der Waals surface area contributed by atoms with Crippen molar-refractivity contribution in [2.45, 2.75) is 26.0 Å². The average molecular weight is 333 g/mol. The number of aryl methyl sites for hydroxylation is 1. The van der Waals surface area contributed by atoms with Crippen LogP contribution in [0.4, 0.5) is 10.5 Å². The molecule has 2 aromatic rings. The van der Waals surface area contributed by atoms with Gasteiger partial charge in [-0.3, -0.25) is 14.9 Å². The number of nitrogens with zero attached hydrogens (tertiary/aromatic N) is 3. The second-order valence-corrected chi connectivity index (χ2v) is 5.01. The third-order valence-corrected chi connectivity index (χ3v) is 3.25. The molecule has 126 valence electrons. The molecule has 0 atom stereocenters. The van der Waals surface area contributed by atoms with Crippen molar-refractivity contribution >= 4 is 17.7 Å². The van der Waals surface area contributed by atoms with Gasteiger partial charge >= 0.3 is 5.97 Å². The third kappa shape index (κ3) is 4.90. The van der Waals surface area contributed by atoms with Gasteiger partial charge in [-0.2, -0.15) is 4.57 Å². The monoisotopic (exact) mass is 333 g/mol. The molecule has 0 radical (unpaired) electrons. The molecule has 2 rings (SSSR count). The number of hydrogen-bond donors (Lipinski definition) is 0. The zero-order chi connectivity index (χ0) is 17.5. The number of nitro groups is 1. The molecule has 9 nitrogen and oxygen atoms in total. The third-order valence-electron chi connectivity index (χ3n) is 3.25. The van der Waals surface area contributed by atoms with Gasteiger partial charge in [0.05, 0.1) is 11.5 Å². The zero-order valence-electron chi connectivity index (χ0n) is 12.7. The quantitative estimate of drug-likeness (QED) is 0.313. The predicted octanol–water partition coefficient (Wildman–Crippen LogP) is 0.399. The van der Waals surface area contributed by atoms with Crippen molar-refractivity contribution in [3.63, 3.8) is 0 Å². The van der Waals surface area contributed by atoms with E-state index in [1.165, 1.54) is 36.8 Å². The number of ether oxygens (including phenoxy) is 1. The fraction of sp³-hybridized carbons (Fsp3) is 0.267. The zero-order valence-corrected chi connectivity index (χ0v) is 12.7. The lowest BCUT2D eigenvalue weighted by Gasteiger charge is -2.04. The molecule has 1 aromatic carbocycles. The van der Waals surface area contributed by atoms with E-state index in [4.69, 9.17) is 4.74 Å². The Morgan fingerprint density at radius 1 is 1.25 bits per heavy atom. The highest BCUT2D eigenvalue weighted by Crippen LogP contribution is 2.12. The number of esters is 1. The molecular weight excluding hydrogens is 318 g/mol. The van der Waals surface area contributed by atoms with Crippen LogP contribution in [0.3, 0.4) is 0 Å². The number of imidazole rings is 1. The van der Waals surface area contributed by atoms with Crippen molar-refractivity contribution in [1.29, 1.82) is 0 Å². The van der Waals surface area contributed by atoms with Gasteiger partial charge in [-0.05, 0) is 24.1 Å². The molecule has 0 aliphatic rings. The minimum atomic E-state index is -1.32. The highest BCUT2D eigenvalue weighted by Gasteiger charge is 2.09. The van der Waals surface area contributed by atoms with Crippen molar-refractivity contribution in [3.8, 4) is 0 Å². The lowest BCUT2D eigenvalue weighted by atomic mass is 10.2. The Labute approximate surface area is 136 Å². The topological polar surface area (TPSA) is 118 Å². The van der Waals surface area contributed by atoms with E-state index in [1.807, 2.05) is 0 Å². The molecule has 0 amide bonds. The minimum Gasteiger partial charge on any atom is -0.510 e. The second kappa shape index (κ2) is 7.86. The van der Waals surface area contributed by atoms with Crippen LogP contribution in [-0.4, -0.2) is 21.6 Å². The van der Waals surface area contributed by atoms with E-state index in [2.05, 4.69) is 0 Å². The Bertz CT molecular complexity index is 738. The first-order chi connectivity index (χ1) is 11.5. The summed E-state index contributed by atoms with van der Waals surface area (Å²) in [4.78, 5) is 32.3. The van der Waals surface area contributed by atoms with Gasteiger partial charge in [0.15, 0.2) is 0 Å². The van der Waals surface area contributed by atoms with Crippen LogP contribution in [-0.2, 0) is 22.7 Å². The fourth-order valence-corrected chi connectivity index (χ4v) is 1.99. The van der Waals surface area contributed by atoms with Gasteiger partial charge in [-0.15, -0.1) is 0 Å². The summed E-state index contributed by atoms with van der Waals surface area (Å²) in [5.41, 5.74) is 0.639. The van der Waals surface area contributed by atoms with E-state index in [0.717, 1.165) is 4.57 Å². The van der Waals surface area contributed by atoms with Gasteiger partial charge in [0.25, 0.3) is 5.69 Å². The van der Waals surface area contributed by atoms with E-state index in [-0.39, 0.29) is 18.7 Å². The molecule has 0 saturated carbocycles. The van der Waals surface area contributed by atoms with Crippen molar-refractivity contribution in [3.05, 3.63) is 58.7 Å². The Morgan fingerprint density at radius 3 is 2.54 bits per heavy atom. The number of hydrogen-bond acceptors (Lipinski definition) is 6. The Hall–Kier alpha value is -3.23. The van der Waals surface area contributed by atoms with Gasteiger partial charge in [0, 0.05) is 18.6 Å². The van der Waals surface area contributed by atoms with Crippen LogP contribution in [0.5, 0.6) is 0 Å². The molecular formula is C15H15N3O6. The standard InChI is InChI=1S/C15H15N3O6/c19-14(2-1-7-16-8-9-17(11-16)15(20)21)24-10-12-3-5-13(6-4-12)18(22)23/h3-6,8-9,11H,1-2,7,10H2. The van der Waals surface area contributed by atoms with Crippen molar-refractivity contribution in [1.82, 2.24) is 4.57 Å². The van der Waals surface area contributed by atoms with Crippen LogP contribution in [0.2, 0.25) is 0 Å². The number of carbonyl (C=O) groups is 2. The van der Waals surface area contributed by atoms with Gasteiger partial charge in [0.2, 0.25) is 12.4 Å². The van der Waals surface area contributed by atoms with E-state index in [1.54, 1.807) is 10.8 Å².